The van der Waals surface area contributed by atoms with E-state index in [1.165, 1.54) is 0 Å². The molecule has 162 valence electrons. The fraction of sp³-hybridized carbons (Fsp3) is 0.333. The van der Waals surface area contributed by atoms with Gasteiger partial charge in [0.15, 0.2) is 11.5 Å². The zero-order chi connectivity index (χ0) is 21.6. The van der Waals surface area contributed by atoms with Crippen LogP contribution in [-0.4, -0.2) is 49.9 Å². The van der Waals surface area contributed by atoms with E-state index in [1.54, 1.807) is 24.3 Å². The number of nitrogens with zero attached hydrogens (tertiary/aromatic N) is 3. The highest BCUT2D eigenvalue weighted by atomic mass is 32.2. The van der Waals surface area contributed by atoms with Crippen LogP contribution in [0.1, 0.15) is 23.9 Å². The predicted molar refractivity (Wildman–Crippen MR) is 111 cm³/mol. The fourth-order valence-electron chi connectivity index (χ4n) is 3.90. The van der Waals surface area contributed by atoms with Gasteiger partial charge in [0.1, 0.15) is 0 Å². The number of likely N-dealkylation sites (tertiary alicyclic amines) is 1. The molecule has 0 unspecified atom stereocenters. The number of nitrogens with one attached hydrogen (secondary N) is 1. The number of aromatic nitrogens is 2. The summed E-state index contributed by atoms with van der Waals surface area (Å²) >= 11 is 0. The van der Waals surface area contributed by atoms with E-state index in [4.69, 9.17) is 14.0 Å². The molecule has 0 radical (unpaired) electrons. The Balaban J connectivity index is 1.30. The van der Waals surface area contributed by atoms with E-state index in [0.717, 1.165) is 11.1 Å². The number of likely N-dealkylation sites (N-methyl/N-ethyl adjacent to an activating group) is 1. The van der Waals surface area contributed by atoms with Gasteiger partial charge >= 0.3 is 0 Å². The van der Waals surface area contributed by atoms with Crippen LogP contribution in [-0.2, 0) is 10.0 Å². The van der Waals surface area contributed by atoms with E-state index in [-0.39, 0.29) is 23.8 Å². The smallest absolute Gasteiger partial charge is 0.244 e. The lowest BCUT2D eigenvalue weighted by atomic mass is 10.1. The lowest BCUT2D eigenvalue weighted by Crippen LogP contribution is -2.36. The molecule has 9 nitrogen and oxygen atoms in total. The summed E-state index contributed by atoms with van der Waals surface area (Å²) in [6, 6.07) is 11.8. The molecule has 1 saturated heterocycles. The molecule has 2 aromatic carbocycles. The standard InChI is InChI=1S/C21H22N4O5S/c1-13-3-6-16(7-4-13)31(26,27)24-15-10-17(25(2)11-15)21-22-20(23-30-21)14-5-8-18-19(9-14)29-12-28-18/h3-9,15,17,24H,10-12H2,1-2H3/t15-,17+/m1/s1. The van der Waals surface area contributed by atoms with Crippen molar-refractivity contribution in [3.8, 4) is 22.9 Å². The van der Waals surface area contributed by atoms with Crippen molar-refractivity contribution >= 4 is 10.0 Å². The maximum absolute atomic E-state index is 12.7. The average Bonchev–Trinajstić information content (AvgIpc) is 3.47. The van der Waals surface area contributed by atoms with Gasteiger partial charge in [0, 0.05) is 18.2 Å². The van der Waals surface area contributed by atoms with E-state index >= 15 is 0 Å². The van der Waals surface area contributed by atoms with Gasteiger partial charge in [-0.1, -0.05) is 22.9 Å². The summed E-state index contributed by atoms with van der Waals surface area (Å²) < 4.78 is 44.5. The van der Waals surface area contributed by atoms with Gasteiger partial charge < -0.3 is 14.0 Å². The molecule has 10 heteroatoms. The number of hydrogen-bond acceptors (Lipinski definition) is 8. The molecule has 3 heterocycles. The monoisotopic (exact) mass is 442 g/mol. The molecule has 2 atom stereocenters. The zero-order valence-corrected chi connectivity index (χ0v) is 17.9. The van der Waals surface area contributed by atoms with Gasteiger partial charge in [-0.05, 0) is 50.7 Å². The van der Waals surface area contributed by atoms with Crippen molar-refractivity contribution in [3.63, 3.8) is 0 Å². The van der Waals surface area contributed by atoms with E-state index < -0.39 is 10.0 Å². The largest absolute Gasteiger partial charge is 0.454 e. The van der Waals surface area contributed by atoms with Crippen molar-refractivity contribution in [1.29, 1.82) is 0 Å². The third kappa shape index (κ3) is 3.89. The number of sulfonamides is 1. The van der Waals surface area contributed by atoms with Crippen molar-refractivity contribution in [2.24, 2.45) is 0 Å². The Hall–Kier alpha value is -2.95. The number of hydrogen-bond donors (Lipinski definition) is 1. The molecule has 1 fully saturated rings. The van der Waals surface area contributed by atoms with Crippen LogP contribution in [0.2, 0.25) is 0 Å². The third-order valence-electron chi connectivity index (χ3n) is 5.56. The molecule has 0 bridgehead atoms. The Labute approximate surface area is 180 Å². The highest BCUT2D eigenvalue weighted by Gasteiger charge is 2.36. The van der Waals surface area contributed by atoms with Gasteiger partial charge in [0.2, 0.25) is 28.5 Å². The lowest BCUT2D eigenvalue weighted by Gasteiger charge is -2.14. The van der Waals surface area contributed by atoms with Crippen LogP contribution in [0.5, 0.6) is 11.5 Å². The fourth-order valence-corrected chi connectivity index (χ4v) is 5.14. The van der Waals surface area contributed by atoms with Gasteiger partial charge in [0.25, 0.3) is 0 Å². The van der Waals surface area contributed by atoms with Crippen LogP contribution in [0.4, 0.5) is 0 Å². The predicted octanol–water partition coefficient (Wildman–Crippen LogP) is 2.50. The molecule has 3 aromatic rings. The van der Waals surface area contributed by atoms with E-state index in [9.17, 15) is 8.42 Å². The Morgan fingerprint density at radius 2 is 1.87 bits per heavy atom. The van der Waals surface area contributed by atoms with Crippen molar-refractivity contribution in [3.05, 3.63) is 53.9 Å². The first kappa shape index (κ1) is 20.0. The first-order valence-corrected chi connectivity index (χ1v) is 11.4. The summed E-state index contributed by atoms with van der Waals surface area (Å²) in [4.78, 5) is 6.81. The number of ether oxygens (including phenoxy) is 2. The Bertz CT molecular complexity index is 1210. The minimum Gasteiger partial charge on any atom is -0.454 e. The van der Waals surface area contributed by atoms with Gasteiger partial charge in [-0.3, -0.25) is 4.90 Å². The molecule has 31 heavy (non-hydrogen) atoms. The van der Waals surface area contributed by atoms with Gasteiger partial charge in [0.05, 0.1) is 10.9 Å². The average molecular weight is 442 g/mol. The number of rotatable bonds is 5. The SMILES string of the molecule is Cc1ccc(S(=O)(=O)N[C@@H]2C[C@@H](c3nc(-c4ccc5c(c4)OCO5)no3)N(C)C2)cc1. The highest BCUT2D eigenvalue weighted by molar-refractivity contribution is 7.89. The van der Waals surface area contributed by atoms with Crippen LogP contribution in [0.25, 0.3) is 11.4 Å². The van der Waals surface area contributed by atoms with Crippen molar-refractivity contribution < 1.29 is 22.4 Å². The molecule has 2 aliphatic heterocycles. The summed E-state index contributed by atoms with van der Waals surface area (Å²) in [6.07, 6.45) is 0.532. The van der Waals surface area contributed by atoms with Gasteiger partial charge in [-0.15, -0.1) is 0 Å². The molecule has 0 spiro atoms. The molecule has 0 aliphatic carbocycles. The summed E-state index contributed by atoms with van der Waals surface area (Å²) in [5.74, 6) is 2.23. The van der Waals surface area contributed by atoms with Gasteiger partial charge in [-0.25, -0.2) is 13.1 Å². The third-order valence-corrected chi connectivity index (χ3v) is 7.10. The summed E-state index contributed by atoms with van der Waals surface area (Å²) in [5.41, 5.74) is 1.77. The van der Waals surface area contributed by atoms with Gasteiger partial charge in [-0.2, -0.15) is 4.98 Å². The summed E-state index contributed by atoms with van der Waals surface area (Å²) in [6.45, 7) is 2.66. The summed E-state index contributed by atoms with van der Waals surface area (Å²) in [5, 5.41) is 4.10. The van der Waals surface area contributed by atoms with Crippen LogP contribution in [0.3, 0.4) is 0 Å². The molecular formula is C21H22N4O5S. The number of benzene rings is 2. The van der Waals surface area contributed by atoms with E-state index in [1.807, 2.05) is 37.1 Å². The van der Waals surface area contributed by atoms with Crippen LogP contribution >= 0.6 is 0 Å². The maximum atomic E-state index is 12.7. The van der Waals surface area contributed by atoms with Crippen molar-refractivity contribution in [1.82, 2.24) is 19.8 Å². The first-order valence-electron chi connectivity index (χ1n) is 9.92. The molecule has 0 saturated carbocycles. The van der Waals surface area contributed by atoms with Crippen LogP contribution < -0.4 is 14.2 Å². The second-order valence-corrected chi connectivity index (χ2v) is 9.56. The van der Waals surface area contributed by atoms with E-state index in [2.05, 4.69) is 14.9 Å². The molecule has 2 aliphatic rings. The van der Waals surface area contributed by atoms with Crippen molar-refractivity contribution in [2.45, 2.75) is 30.3 Å². The van der Waals surface area contributed by atoms with Crippen LogP contribution in [0.15, 0.2) is 51.9 Å². The molecule has 1 N–H and O–H groups in total. The molecule has 5 rings (SSSR count). The highest BCUT2D eigenvalue weighted by Crippen LogP contribution is 2.36. The topological polar surface area (TPSA) is 107 Å². The maximum Gasteiger partial charge on any atom is 0.244 e. The Morgan fingerprint density at radius 3 is 2.68 bits per heavy atom. The number of aryl methyl sites for hydroxylation is 1. The minimum atomic E-state index is -3.60. The normalized spacial score (nSPS) is 21.0. The second-order valence-electron chi connectivity index (χ2n) is 7.85. The Kier molecular flexibility index (Phi) is 4.92. The van der Waals surface area contributed by atoms with Crippen molar-refractivity contribution in [2.75, 3.05) is 20.4 Å². The summed E-state index contributed by atoms with van der Waals surface area (Å²) in [7, 11) is -1.69. The zero-order valence-electron chi connectivity index (χ0n) is 17.1. The molecule has 1 aromatic heterocycles. The quantitative estimate of drug-likeness (QED) is 0.642. The first-order chi connectivity index (χ1) is 14.9. The lowest BCUT2D eigenvalue weighted by molar-refractivity contribution is 0.174. The molecule has 0 amide bonds. The van der Waals surface area contributed by atoms with Crippen LogP contribution in [0, 0.1) is 6.92 Å². The Morgan fingerprint density at radius 1 is 1.10 bits per heavy atom. The second kappa shape index (κ2) is 7.63. The number of fused-ring (bicyclic) bond motifs is 1. The van der Waals surface area contributed by atoms with E-state index in [0.29, 0.717) is 36.2 Å². The molecular weight excluding hydrogens is 420 g/mol. The minimum absolute atomic E-state index is 0.180.